The van der Waals surface area contributed by atoms with E-state index in [-0.39, 0.29) is 11.5 Å². The van der Waals surface area contributed by atoms with Crippen LogP contribution in [0.2, 0.25) is 0 Å². The molecule has 0 N–H and O–H groups in total. The number of carbonyl (C=O) groups excluding carboxylic acids is 1. The number of hydrogen-bond acceptors (Lipinski definition) is 8. The van der Waals surface area contributed by atoms with Gasteiger partial charge in [-0.25, -0.2) is 14.8 Å². The number of hydrogen-bond donors (Lipinski definition) is 0. The number of ether oxygens (including phenoxy) is 3. The van der Waals surface area contributed by atoms with E-state index in [4.69, 9.17) is 19.0 Å². The SMILES string of the molecule is COC=C(C(=O)OC)c1c(C)ncnc1Oc1cccc(C(C)=NOC)c1. The summed E-state index contributed by atoms with van der Waals surface area (Å²) in [5.74, 6) is 0.130. The van der Waals surface area contributed by atoms with Crippen LogP contribution < -0.4 is 4.74 Å². The third-order valence-electron chi connectivity index (χ3n) is 3.61. The van der Waals surface area contributed by atoms with Crippen molar-refractivity contribution in [3.63, 3.8) is 0 Å². The summed E-state index contributed by atoms with van der Waals surface area (Å²) in [4.78, 5) is 25.3. The average Bonchev–Trinajstić information content (AvgIpc) is 2.67. The molecule has 0 fully saturated rings. The molecular weight excluding hydrogens is 350 g/mol. The molecule has 0 saturated heterocycles. The van der Waals surface area contributed by atoms with Crippen molar-refractivity contribution in [1.82, 2.24) is 9.97 Å². The average molecular weight is 371 g/mol. The summed E-state index contributed by atoms with van der Waals surface area (Å²) in [6.45, 7) is 3.56. The van der Waals surface area contributed by atoms with Gasteiger partial charge in [0.05, 0.1) is 37.5 Å². The molecule has 142 valence electrons. The second kappa shape index (κ2) is 9.33. The molecule has 0 aliphatic rings. The monoisotopic (exact) mass is 371 g/mol. The van der Waals surface area contributed by atoms with Crippen molar-refractivity contribution < 1.29 is 23.8 Å². The molecule has 0 saturated carbocycles. The maximum atomic E-state index is 12.2. The van der Waals surface area contributed by atoms with Gasteiger partial charge in [0.25, 0.3) is 0 Å². The minimum Gasteiger partial charge on any atom is -0.503 e. The van der Waals surface area contributed by atoms with Crippen LogP contribution in [0.5, 0.6) is 11.6 Å². The van der Waals surface area contributed by atoms with Gasteiger partial charge in [-0.2, -0.15) is 0 Å². The summed E-state index contributed by atoms with van der Waals surface area (Å²) >= 11 is 0. The Morgan fingerprint density at radius 3 is 2.63 bits per heavy atom. The third kappa shape index (κ3) is 4.81. The van der Waals surface area contributed by atoms with E-state index in [0.717, 1.165) is 5.56 Å². The zero-order chi connectivity index (χ0) is 19.8. The Balaban J connectivity index is 2.48. The second-order valence-corrected chi connectivity index (χ2v) is 5.39. The quantitative estimate of drug-likeness (QED) is 0.243. The van der Waals surface area contributed by atoms with Crippen LogP contribution in [0.25, 0.3) is 5.57 Å². The zero-order valence-electron chi connectivity index (χ0n) is 15.8. The smallest absolute Gasteiger partial charge is 0.341 e. The Bertz CT molecular complexity index is 877. The first-order valence-corrected chi connectivity index (χ1v) is 8.01. The maximum absolute atomic E-state index is 12.2. The first-order chi connectivity index (χ1) is 13.0. The molecule has 8 nitrogen and oxygen atoms in total. The van der Waals surface area contributed by atoms with Crippen LogP contribution in [-0.2, 0) is 19.1 Å². The number of carbonyl (C=O) groups is 1. The lowest BCUT2D eigenvalue weighted by atomic mass is 10.1. The van der Waals surface area contributed by atoms with Gasteiger partial charge in [0.1, 0.15) is 24.8 Å². The largest absolute Gasteiger partial charge is 0.503 e. The van der Waals surface area contributed by atoms with Crippen molar-refractivity contribution in [2.24, 2.45) is 5.16 Å². The molecule has 2 aromatic rings. The first kappa shape index (κ1) is 19.9. The van der Waals surface area contributed by atoms with Crippen molar-refractivity contribution in [2.45, 2.75) is 13.8 Å². The number of rotatable bonds is 7. The summed E-state index contributed by atoms with van der Waals surface area (Å²) in [5, 5.41) is 3.91. The van der Waals surface area contributed by atoms with E-state index in [1.165, 1.54) is 33.9 Å². The molecule has 0 aliphatic carbocycles. The standard InChI is InChI=1S/C19H21N3O5/c1-12(22-26-5)14-7-6-8-15(9-14)27-18-17(13(2)20-11-21-18)16(10-24-3)19(23)25-4/h6-11H,1-5H3. The molecule has 1 aromatic carbocycles. The highest BCUT2D eigenvalue weighted by atomic mass is 16.6. The summed E-state index contributed by atoms with van der Waals surface area (Å²) < 4.78 is 15.8. The first-order valence-electron chi connectivity index (χ1n) is 8.01. The van der Waals surface area contributed by atoms with Crippen LogP contribution in [-0.4, -0.2) is 43.0 Å². The predicted octanol–water partition coefficient (Wildman–Crippen LogP) is 3.11. The summed E-state index contributed by atoms with van der Waals surface area (Å²) in [5.41, 5.74) is 2.60. The van der Waals surface area contributed by atoms with E-state index in [9.17, 15) is 4.79 Å². The lowest BCUT2D eigenvalue weighted by Gasteiger charge is -2.13. The third-order valence-corrected chi connectivity index (χ3v) is 3.61. The van der Waals surface area contributed by atoms with Gasteiger partial charge < -0.3 is 19.0 Å². The van der Waals surface area contributed by atoms with Gasteiger partial charge >= 0.3 is 5.97 Å². The van der Waals surface area contributed by atoms with Crippen molar-refractivity contribution in [3.05, 3.63) is 53.7 Å². The lowest BCUT2D eigenvalue weighted by molar-refractivity contribution is -0.133. The number of aryl methyl sites for hydroxylation is 1. The van der Waals surface area contributed by atoms with Crippen LogP contribution in [0, 0.1) is 6.92 Å². The Kier molecular flexibility index (Phi) is 6.87. The number of benzene rings is 1. The molecule has 0 atom stereocenters. The fourth-order valence-electron chi connectivity index (χ4n) is 2.36. The Morgan fingerprint density at radius 1 is 1.19 bits per heavy atom. The van der Waals surface area contributed by atoms with E-state index in [2.05, 4.69) is 15.1 Å². The normalized spacial score (nSPS) is 11.7. The van der Waals surface area contributed by atoms with Crippen LogP contribution in [0.4, 0.5) is 0 Å². The van der Waals surface area contributed by atoms with Gasteiger partial charge in [-0.05, 0) is 26.0 Å². The number of aromatic nitrogens is 2. The topological polar surface area (TPSA) is 92.1 Å². The van der Waals surface area contributed by atoms with Gasteiger partial charge in [-0.15, -0.1) is 0 Å². The molecule has 27 heavy (non-hydrogen) atoms. The highest BCUT2D eigenvalue weighted by Gasteiger charge is 2.22. The molecule has 2 rings (SSSR count). The van der Waals surface area contributed by atoms with Crippen molar-refractivity contribution in [1.29, 1.82) is 0 Å². The lowest BCUT2D eigenvalue weighted by Crippen LogP contribution is -2.09. The number of nitrogens with zero attached hydrogens (tertiary/aromatic N) is 3. The summed E-state index contributed by atoms with van der Waals surface area (Å²) in [7, 11) is 4.20. The molecule has 8 heteroatoms. The fourth-order valence-corrected chi connectivity index (χ4v) is 2.36. The maximum Gasteiger partial charge on any atom is 0.341 e. The number of oxime groups is 1. The fraction of sp³-hybridized carbons (Fsp3) is 0.263. The van der Waals surface area contributed by atoms with Crippen LogP contribution in [0.15, 0.2) is 42.0 Å². The number of methoxy groups -OCH3 is 2. The second-order valence-electron chi connectivity index (χ2n) is 5.39. The van der Waals surface area contributed by atoms with Crippen molar-refractivity contribution in [2.75, 3.05) is 21.3 Å². The molecule has 0 aliphatic heterocycles. The predicted molar refractivity (Wildman–Crippen MR) is 99.5 cm³/mol. The van der Waals surface area contributed by atoms with E-state index in [1.807, 2.05) is 19.1 Å². The Hall–Kier alpha value is -3.42. The highest BCUT2D eigenvalue weighted by Crippen LogP contribution is 2.31. The zero-order valence-corrected chi connectivity index (χ0v) is 15.8. The number of esters is 1. The van der Waals surface area contributed by atoms with Crippen molar-refractivity contribution in [3.8, 4) is 11.6 Å². The van der Waals surface area contributed by atoms with E-state index in [0.29, 0.717) is 22.7 Å². The molecule has 0 spiro atoms. The van der Waals surface area contributed by atoms with E-state index >= 15 is 0 Å². The molecular formula is C19H21N3O5. The van der Waals surface area contributed by atoms with Crippen LogP contribution >= 0.6 is 0 Å². The Morgan fingerprint density at radius 2 is 1.96 bits per heavy atom. The van der Waals surface area contributed by atoms with Gasteiger partial charge in [0.15, 0.2) is 0 Å². The van der Waals surface area contributed by atoms with Crippen LogP contribution in [0.3, 0.4) is 0 Å². The minimum absolute atomic E-state index is 0.154. The highest BCUT2D eigenvalue weighted by molar-refractivity contribution is 6.17. The minimum atomic E-state index is -0.587. The molecule has 0 radical (unpaired) electrons. The van der Waals surface area contributed by atoms with Gasteiger partial charge in [-0.3, -0.25) is 0 Å². The molecule has 1 heterocycles. The Labute approximate surface area is 157 Å². The summed E-state index contributed by atoms with van der Waals surface area (Å²) in [6.07, 6.45) is 2.63. The van der Waals surface area contributed by atoms with E-state index < -0.39 is 5.97 Å². The molecule has 0 amide bonds. The van der Waals surface area contributed by atoms with Gasteiger partial charge in [-0.1, -0.05) is 17.3 Å². The van der Waals surface area contributed by atoms with Gasteiger partial charge in [0, 0.05) is 5.56 Å². The van der Waals surface area contributed by atoms with Crippen molar-refractivity contribution >= 4 is 17.3 Å². The van der Waals surface area contributed by atoms with Gasteiger partial charge in [0.2, 0.25) is 5.88 Å². The molecule has 0 unspecified atom stereocenters. The van der Waals surface area contributed by atoms with Crippen LogP contribution in [0.1, 0.15) is 23.7 Å². The molecule has 0 bridgehead atoms. The van der Waals surface area contributed by atoms with E-state index in [1.54, 1.807) is 19.1 Å². The summed E-state index contributed by atoms with van der Waals surface area (Å²) in [6, 6.07) is 7.25. The molecule has 1 aromatic heterocycles.